The lowest BCUT2D eigenvalue weighted by Crippen LogP contribution is -2.42. The van der Waals surface area contributed by atoms with Gasteiger partial charge in [0.2, 0.25) is 0 Å². The minimum Gasteiger partial charge on any atom is -0.494 e. The second kappa shape index (κ2) is 8.74. The number of carbonyl (C=O) groups excluding carboxylic acids is 2. The fourth-order valence-corrected chi connectivity index (χ4v) is 3.86. The third-order valence-electron chi connectivity index (χ3n) is 5.45. The predicted molar refractivity (Wildman–Crippen MR) is 111 cm³/mol. The number of morpholine rings is 1. The smallest absolute Gasteiger partial charge is 0.322 e. The Balaban J connectivity index is 1.47. The zero-order valence-electron chi connectivity index (χ0n) is 17.4. The van der Waals surface area contributed by atoms with Crippen molar-refractivity contribution in [2.45, 2.75) is 19.9 Å². The van der Waals surface area contributed by atoms with Crippen LogP contribution in [0.4, 0.5) is 10.5 Å². The third-order valence-corrected chi connectivity index (χ3v) is 5.45. The van der Waals surface area contributed by atoms with Crippen molar-refractivity contribution in [2.75, 3.05) is 44.8 Å². The Labute approximate surface area is 175 Å². The largest absolute Gasteiger partial charge is 0.494 e. The van der Waals surface area contributed by atoms with Gasteiger partial charge in [0.15, 0.2) is 5.69 Å². The number of benzene rings is 1. The fraction of sp³-hybridized carbons (Fsp3) is 0.476. The number of amides is 3. The van der Waals surface area contributed by atoms with Gasteiger partial charge in [-0.2, -0.15) is 5.10 Å². The van der Waals surface area contributed by atoms with Crippen molar-refractivity contribution in [1.82, 2.24) is 19.6 Å². The number of anilines is 1. The molecular formula is C21H27N5O4. The molecule has 160 valence electrons. The molecule has 1 aromatic heterocycles. The Morgan fingerprint density at radius 1 is 1.13 bits per heavy atom. The number of hydrogen-bond acceptors (Lipinski definition) is 5. The molecule has 2 aliphatic heterocycles. The van der Waals surface area contributed by atoms with Crippen molar-refractivity contribution in [1.29, 1.82) is 0 Å². The number of aryl methyl sites for hydroxylation is 1. The quantitative estimate of drug-likeness (QED) is 0.827. The molecule has 0 bridgehead atoms. The van der Waals surface area contributed by atoms with Gasteiger partial charge in [-0.3, -0.25) is 9.48 Å². The number of carbonyl (C=O) groups is 2. The van der Waals surface area contributed by atoms with Crippen molar-refractivity contribution < 1.29 is 19.1 Å². The molecule has 3 heterocycles. The SMILES string of the molecule is CCOc1ccc(NC(=O)N2CCc3c(c(C(=O)N4CCOCC4)nn3C)C2)cc1. The van der Waals surface area contributed by atoms with E-state index in [1.54, 1.807) is 14.5 Å². The zero-order chi connectivity index (χ0) is 21.1. The summed E-state index contributed by atoms with van der Waals surface area (Å²) in [6.45, 7) is 5.65. The number of aromatic nitrogens is 2. The van der Waals surface area contributed by atoms with Gasteiger partial charge in [-0.25, -0.2) is 4.79 Å². The summed E-state index contributed by atoms with van der Waals surface area (Å²) in [5.41, 5.74) is 2.98. The third kappa shape index (κ3) is 4.11. The van der Waals surface area contributed by atoms with E-state index in [0.29, 0.717) is 63.8 Å². The minimum absolute atomic E-state index is 0.0936. The van der Waals surface area contributed by atoms with E-state index in [1.165, 1.54) is 0 Å². The van der Waals surface area contributed by atoms with Crippen LogP contribution in [0.1, 0.15) is 28.7 Å². The lowest BCUT2D eigenvalue weighted by Gasteiger charge is -2.29. The molecular weight excluding hydrogens is 386 g/mol. The first kappa shape index (κ1) is 20.2. The van der Waals surface area contributed by atoms with Crippen LogP contribution in [-0.4, -0.2) is 71.0 Å². The molecule has 2 aromatic rings. The molecule has 0 spiro atoms. The highest BCUT2D eigenvalue weighted by Gasteiger charge is 2.31. The van der Waals surface area contributed by atoms with Gasteiger partial charge < -0.3 is 24.6 Å². The first-order chi connectivity index (χ1) is 14.6. The summed E-state index contributed by atoms with van der Waals surface area (Å²) in [5.74, 6) is 0.670. The van der Waals surface area contributed by atoms with Crippen LogP contribution in [0, 0.1) is 0 Å². The minimum atomic E-state index is -0.196. The van der Waals surface area contributed by atoms with E-state index >= 15 is 0 Å². The highest BCUT2D eigenvalue weighted by atomic mass is 16.5. The van der Waals surface area contributed by atoms with E-state index in [9.17, 15) is 9.59 Å². The second-order valence-corrected chi connectivity index (χ2v) is 7.36. The fourth-order valence-electron chi connectivity index (χ4n) is 3.86. The monoisotopic (exact) mass is 413 g/mol. The van der Waals surface area contributed by atoms with E-state index in [4.69, 9.17) is 9.47 Å². The standard InChI is InChI=1S/C21H27N5O4/c1-3-30-16-6-4-15(5-7-16)22-21(28)26-9-8-18-17(14-26)19(23-24(18)2)20(27)25-10-12-29-13-11-25/h4-7H,3,8-14H2,1-2H3,(H,22,28). The van der Waals surface area contributed by atoms with Gasteiger partial charge in [-0.05, 0) is 31.2 Å². The summed E-state index contributed by atoms with van der Waals surface area (Å²) in [5, 5.41) is 7.41. The lowest BCUT2D eigenvalue weighted by molar-refractivity contribution is 0.0297. The molecule has 4 rings (SSSR count). The van der Waals surface area contributed by atoms with Crippen molar-refractivity contribution >= 4 is 17.6 Å². The van der Waals surface area contributed by atoms with E-state index in [2.05, 4.69) is 10.4 Å². The lowest BCUT2D eigenvalue weighted by atomic mass is 10.0. The normalized spacial score (nSPS) is 16.2. The van der Waals surface area contributed by atoms with Gasteiger partial charge in [0, 0.05) is 50.0 Å². The first-order valence-electron chi connectivity index (χ1n) is 10.3. The average molecular weight is 413 g/mol. The van der Waals surface area contributed by atoms with E-state index in [-0.39, 0.29) is 11.9 Å². The maximum atomic E-state index is 13.0. The van der Waals surface area contributed by atoms with Crippen LogP contribution in [0.25, 0.3) is 0 Å². The second-order valence-electron chi connectivity index (χ2n) is 7.36. The summed E-state index contributed by atoms with van der Waals surface area (Å²) >= 11 is 0. The maximum absolute atomic E-state index is 13.0. The molecule has 0 aliphatic carbocycles. The van der Waals surface area contributed by atoms with Crippen LogP contribution in [-0.2, 0) is 24.8 Å². The van der Waals surface area contributed by atoms with Gasteiger partial charge in [0.25, 0.3) is 5.91 Å². The van der Waals surface area contributed by atoms with E-state index in [0.717, 1.165) is 17.0 Å². The molecule has 1 aromatic carbocycles. The molecule has 9 heteroatoms. The summed E-state index contributed by atoms with van der Waals surface area (Å²) in [7, 11) is 1.85. The van der Waals surface area contributed by atoms with Crippen LogP contribution in [0.3, 0.4) is 0 Å². The van der Waals surface area contributed by atoms with Crippen LogP contribution in [0.5, 0.6) is 5.75 Å². The van der Waals surface area contributed by atoms with Crippen molar-refractivity contribution in [3.63, 3.8) is 0 Å². The number of nitrogens with zero attached hydrogens (tertiary/aromatic N) is 4. The average Bonchev–Trinajstić information content (AvgIpc) is 3.11. The summed E-state index contributed by atoms with van der Waals surface area (Å²) in [6.07, 6.45) is 0.659. The molecule has 3 amide bonds. The summed E-state index contributed by atoms with van der Waals surface area (Å²) in [4.78, 5) is 29.3. The van der Waals surface area contributed by atoms with E-state index < -0.39 is 0 Å². The molecule has 0 saturated carbocycles. The van der Waals surface area contributed by atoms with Crippen LogP contribution < -0.4 is 10.1 Å². The van der Waals surface area contributed by atoms with E-state index in [1.807, 2.05) is 38.2 Å². The molecule has 30 heavy (non-hydrogen) atoms. The maximum Gasteiger partial charge on any atom is 0.322 e. The molecule has 2 aliphatic rings. The number of nitrogens with one attached hydrogen (secondary N) is 1. The Morgan fingerprint density at radius 3 is 2.57 bits per heavy atom. The summed E-state index contributed by atoms with van der Waals surface area (Å²) in [6, 6.07) is 7.09. The molecule has 0 atom stereocenters. The molecule has 1 fully saturated rings. The van der Waals surface area contributed by atoms with Gasteiger partial charge in [0.05, 0.1) is 26.4 Å². The molecule has 1 N–H and O–H groups in total. The van der Waals surface area contributed by atoms with Crippen LogP contribution in [0.2, 0.25) is 0 Å². The molecule has 0 unspecified atom stereocenters. The number of ether oxygens (including phenoxy) is 2. The topological polar surface area (TPSA) is 88.9 Å². The zero-order valence-corrected chi connectivity index (χ0v) is 17.4. The highest BCUT2D eigenvalue weighted by molar-refractivity contribution is 5.95. The Morgan fingerprint density at radius 2 is 1.87 bits per heavy atom. The Hall–Kier alpha value is -3.07. The predicted octanol–water partition coefficient (Wildman–Crippen LogP) is 1.88. The van der Waals surface area contributed by atoms with Crippen molar-refractivity contribution in [3.05, 3.63) is 41.2 Å². The van der Waals surface area contributed by atoms with Crippen molar-refractivity contribution in [2.24, 2.45) is 7.05 Å². The molecule has 9 nitrogen and oxygen atoms in total. The Kier molecular flexibility index (Phi) is 5.89. The van der Waals surface area contributed by atoms with Gasteiger partial charge >= 0.3 is 6.03 Å². The first-order valence-corrected chi connectivity index (χ1v) is 10.3. The number of rotatable bonds is 4. The molecule has 1 saturated heterocycles. The number of hydrogen-bond donors (Lipinski definition) is 1. The number of urea groups is 1. The van der Waals surface area contributed by atoms with Crippen molar-refractivity contribution in [3.8, 4) is 5.75 Å². The van der Waals surface area contributed by atoms with Crippen LogP contribution >= 0.6 is 0 Å². The van der Waals surface area contributed by atoms with Gasteiger partial charge in [-0.15, -0.1) is 0 Å². The summed E-state index contributed by atoms with van der Waals surface area (Å²) < 4.78 is 12.5. The Bertz CT molecular complexity index is 918. The number of fused-ring (bicyclic) bond motifs is 1. The van der Waals surface area contributed by atoms with Gasteiger partial charge in [0.1, 0.15) is 5.75 Å². The highest BCUT2D eigenvalue weighted by Crippen LogP contribution is 2.24. The molecule has 0 radical (unpaired) electrons. The van der Waals surface area contributed by atoms with Gasteiger partial charge in [-0.1, -0.05) is 0 Å². The van der Waals surface area contributed by atoms with Crippen LogP contribution in [0.15, 0.2) is 24.3 Å².